The molecule has 0 bridgehead atoms. The van der Waals surface area contributed by atoms with Crippen molar-refractivity contribution in [3.05, 3.63) is 23.0 Å². The van der Waals surface area contributed by atoms with Crippen molar-refractivity contribution in [1.82, 2.24) is 10.3 Å². The van der Waals surface area contributed by atoms with E-state index in [1.807, 2.05) is 0 Å². The summed E-state index contributed by atoms with van der Waals surface area (Å²) in [5.74, 6) is -1.37. The van der Waals surface area contributed by atoms with Gasteiger partial charge in [0.1, 0.15) is 5.69 Å². The van der Waals surface area contributed by atoms with Crippen LogP contribution in [0.2, 0.25) is 5.02 Å². The average molecular weight is 271 g/mol. The number of carboxylic acids is 1. The molecule has 0 aliphatic heterocycles. The van der Waals surface area contributed by atoms with Crippen LogP contribution >= 0.6 is 11.6 Å². The first-order valence-electron chi connectivity index (χ1n) is 5.94. The van der Waals surface area contributed by atoms with Gasteiger partial charge in [0, 0.05) is 12.2 Å². The Balaban J connectivity index is 1.93. The Morgan fingerprint density at radius 1 is 1.44 bits per heavy atom. The van der Waals surface area contributed by atoms with Gasteiger partial charge in [-0.15, -0.1) is 0 Å². The normalized spacial score (nSPS) is 23.6. The molecule has 2 atom stereocenters. The van der Waals surface area contributed by atoms with Gasteiger partial charge < -0.3 is 15.4 Å². The molecule has 1 aromatic heterocycles. The fourth-order valence-electron chi connectivity index (χ4n) is 2.31. The zero-order valence-corrected chi connectivity index (χ0v) is 10.5. The Kier molecular flexibility index (Phi) is 3.91. The van der Waals surface area contributed by atoms with Gasteiger partial charge in [-0.25, -0.2) is 0 Å². The second kappa shape index (κ2) is 5.44. The summed E-state index contributed by atoms with van der Waals surface area (Å²) in [5, 5.41) is 12.3. The van der Waals surface area contributed by atoms with E-state index in [0.717, 1.165) is 12.8 Å². The molecule has 1 amide bonds. The smallest absolute Gasteiger partial charge is 0.306 e. The first kappa shape index (κ1) is 13.0. The quantitative estimate of drug-likeness (QED) is 0.786. The lowest BCUT2D eigenvalue weighted by Gasteiger charge is -2.27. The summed E-state index contributed by atoms with van der Waals surface area (Å²) in [5.41, 5.74) is 0.400. The number of hydrogen-bond acceptors (Lipinski definition) is 2. The molecule has 0 saturated heterocycles. The number of aromatic nitrogens is 1. The van der Waals surface area contributed by atoms with Crippen molar-refractivity contribution in [2.75, 3.05) is 0 Å². The molecule has 0 aromatic carbocycles. The third-order valence-electron chi connectivity index (χ3n) is 3.25. The highest BCUT2D eigenvalue weighted by atomic mass is 35.5. The van der Waals surface area contributed by atoms with Gasteiger partial charge in [0.2, 0.25) is 0 Å². The van der Waals surface area contributed by atoms with Crippen LogP contribution in [-0.2, 0) is 4.79 Å². The summed E-state index contributed by atoms with van der Waals surface area (Å²) in [6, 6.07) is 1.48. The number of carbonyl (C=O) groups is 2. The first-order chi connectivity index (χ1) is 8.56. The van der Waals surface area contributed by atoms with Crippen molar-refractivity contribution < 1.29 is 14.7 Å². The Morgan fingerprint density at radius 3 is 2.83 bits per heavy atom. The number of H-pyrrole nitrogens is 1. The number of rotatable bonds is 3. The number of nitrogens with one attached hydrogen (secondary N) is 2. The van der Waals surface area contributed by atoms with Crippen LogP contribution in [0.15, 0.2) is 12.3 Å². The maximum atomic E-state index is 11.9. The van der Waals surface area contributed by atoms with E-state index in [-0.39, 0.29) is 17.9 Å². The Labute approximate surface area is 110 Å². The monoisotopic (exact) mass is 270 g/mol. The summed E-state index contributed by atoms with van der Waals surface area (Å²) in [6.07, 6.45) is 4.38. The lowest BCUT2D eigenvalue weighted by Crippen LogP contribution is -2.40. The first-order valence-corrected chi connectivity index (χ1v) is 6.31. The van der Waals surface area contributed by atoms with Crippen molar-refractivity contribution in [2.24, 2.45) is 5.92 Å². The van der Waals surface area contributed by atoms with Crippen LogP contribution in [0.1, 0.15) is 36.2 Å². The predicted octanol–water partition coefficient (Wildman–Crippen LogP) is 2.04. The summed E-state index contributed by atoms with van der Waals surface area (Å²) >= 11 is 5.72. The third-order valence-corrected chi connectivity index (χ3v) is 3.47. The molecule has 5 nitrogen and oxygen atoms in total. The number of carboxylic acid groups (broad SMARTS) is 1. The fourth-order valence-corrected chi connectivity index (χ4v) is 2.47. The molecule has 0 radical (unpaired) electrons. The molecule has 2 unspecified atom stereocenters. The van der Waals surface area contributed by atoms with Gasteiger partial charge in [0.05, 0.1) is 10.9 Å². The maximum Gasteiger partial charge on any atom is 0.306 e. The third kappa shape index (κ3) is 3.04. The number of halogens is 1. The molecular weight excluding hydrogens is 256 g/mol. The van der Waals surface area contributed by atoms with Crippen LogP contribution in [0.4, 0.5) is 0 Å². The molecule has 1 aromatic rings. The minimum Gasteiger partial charge on any atom is -0.481 e. The van der Waals surface area contributed by atoms with E-state index in [0.29, 0.717) is 23.6 Å². The second-order valence-corrected chi connectivity index (χ2v) is 5.04. The van der Waals surface area contributed by atoms with E-state index in [9.17, 15) is 9.59 Å². The Hall–Kier alpha value is -1.49. The van der Waals surface area contributed by atoms with Crippen LogP contribution < -0.4 is 5.32 Å². The lowest BCUT2D eigenvalue weighted by molar-refractivity contribution is -0.143. The lowest BCUT2D eigenvalue weighted by atomic mass is 9.86. The molecule has 18 heavy (non-hydrogen) atoms. The van der Waals surface area contributed by atoms with Gasteiger partial charge in [0.15, 0.2) is 0 Å². The van der Waals surface area contributed by atoms with E-state index < -0.39 is 5.97 Å². The highest BCUT2D eigenvalue weighted by Crippen LogP contribution is 2.24. The van der Waals surface area contributed by atoms with Gasteiger partial charge in [-0.2, -0.15) is 0 Å². The Morgan fingerprint density at radius 2 is 2.22 bits per heavy atom. The molecule has 1 saturated carbocycles. The summed E-state index contributed by atoms with van der Waals surface area (Å²) in [7, 11) is 0. The average Bonchev–Trinajstić information content (AvgIpc) is 2.76. The summed E-state index contributed by atoms with van der Waals surface area (Å²) in [4.78, 5) is 25.5. The molecule has 0 spiro atoms. The number of carbonyl (C=O) groups excluding carboxylic acids is 1. The van der Waals surface area contributed by atoms with Crippen molar-refractivity contribution >= 4 is 23.5 Å². The van der Waals surface area contributed by atoms with Gasteiger partial charge in [-0.3, -0.25) is 9.59 Å². The van der Waals surface area contributed by atoms with Crippen molar-refractivity contribution in [1.29, 1.82) is 0 Å². The van der Waals surface area contributed by atoms with E-state index in [1.165, 1.54) is 6.20 Å². The molecule has 2 rings (SSSR count). The van der Waals surface area contributed by atoms with Crippen molar-refractivity contribution in [3.63, 3.8) is 0 Å². The zero-order valence-electron chi connectivity index (χ0n) is 9.78. The molecule has 1 heterocycles. The minimum atomic E-state index is -0.781. The van der Waals surface area contributed by atoms with Gasteiger partial charge in [0.25, 0.3) is 5.91 Å². The molecule has 3 N–H and O–H groups in total. The Bertz CT molecular complexity index is 458. The van der Waals surface area contributed by atoms with E-state index in [4.69, 9.17) is 16.7 Å². The second-order valence-electron chi connectivity index (χ2n) is 4.60. The van der Waals surface area contributed by atoms with Crippen molar-refractivity contribution in [2.45, 2.75) is 31.7 Å². The van der Waals surface area contributed by atoms with Crippen LogP contribution in [0.25, 0.3) is 0 Å². The maximum absolute atomic E-state index is 11.9. The molecule has 98 valence electrons. The highest BCUT2D eigenvalue weighted by molar-refractivity contribution is 6.30. The van der Waals surface area contributed by atoms with Crippen LogP contribution in [0.5, 0.6) is 0 Å². The number of aliphatic carboxylic acids is 1. The van der Waals surface area contributed by atoms with Gasteiger partial charge in [-0.1, -0.05) is 18.0 Å². The molecule has 1 fully saturated rings. The number of aromatic amines is 1. The SMILES string of the molecule is O=C(NC1CCCC(C(=O)O)C1)c1cc(Cl)c[nH]1. The molecule has 6 heteroatoms. The fraction of sp³-hybridized carbons (Fsp3) is 0.500. The molecule has 1 aliphatic rings. The summed E-state index contributed by atoms with van der Waals surface area (Å²) < 4.78 is 0. The van der Waals surface area contributed by atoms with Gasteiger partial charge >= 0.3 is 5.97 Å². The van der Waals surface area contributed by atoms with Crippen LogP contribution in [0.3, 0.4) is 0 Å². The van der Waals surface area contributed by atoms with E-state index in [2.05, 4.69) is 10.3 Å². The summed E-state index contributed by atoms with van der Waals surface area (Å²) in [6.45, 7) is 0. The van der Waals surface area contributed by atoms with Gasteiger partial charge in [-0.05, 0) is 25.3 Å². The van der Waals surface area contributed by atoms with E-state index in [1.54, 1.807) is 6.07 Å². The molecule has 1 aliphatic carbocycles. The van der Waals surface area contributed by atoms with E-state index >= 15 is 0 Å². The van der Waals surface area contributed by atoms with Crippen LogP contribution in [0, 0.1) is 5.92 Å². The van der Waals surface area contributed by atoms with Crippen LogP contribution in [-0.4, -0.2) is 28.0 Å². The predicted molar refractivity (Wildman–Crippen MR) is 66.7 cm³/mol. The number of hydrogen-bond donors (Lipinski definition) is 3. The highest BCUT2D eigenvalue weighted by Gasteiger charge is 2.28. The number of amides is 1. The minimum absolute atomic E-state index is 0.0746. The zero-order chi connectivity index (χ0) is 13.1. The standard InChI is InChI=1S/C12H15ClN2O3/c13-8-5-10(14-6-8)11(16)15-9-3-1-2-7(4-9)12(17)18/h5-7,9,14H,1-4H2,(H,15,16)(H,17,18). The molecular formula is C12H15ClN2O3. The largest absolute Gasteiger partial charge is 0.481 e. The topological polar surface area (TPSA) is 82.2 Å². The van der Waals surface area contributed by atoms with Crippen molar-refractivity contribution in [3.8, 4) is 0 Å².